The molecule has 2 atom stereocenters. The molecule has 21 heavy (non-hydrogen) atoms. The van der Waals surface area contributed by atoms with Crippen LogP contribution in [0.1, 0.15) is 23.5 Å². The molecule has 0 radical (unpaired) electrons. The Morgan fingerprint density at radius 3 is 2.43 bits per heavy atom. The number of likely N-dealkylation sites (tertiary alicyclic amines) is 1. The predicted octanol–water partition coefficient (Wildman–Crippen LogP) is 3.66. The highest BCUT2D eigenvalue weighted by Gasteiger charge is 2.25. The Bertz CT molecular complexity index is 568. The third kappa shape index (κ3) is 3.85. The first-order valence-corrected chi connectivity index (χ1v) is 7.86. The lowest BCUT2D eigenvalue weighted by Gasteiger charge is -2.36. The molecule has 1 heterocycles. The first-order valence-electron chi connectivity index (χ1n) is 7.48. The summed E-state index contributed by atoms with van der Waals surface area (Å²) in [5.74, 6) is 0.530. The molecule has 0 spiro atoms. The monoisotopic (exact) mass is 300 g/mol. The molecule has 110 valence electrons. The fraction of sp³-hybridized carbons (Fsp3) is 0.333. The Balaban J connectivity index is 1.70. The van der Waals surface area contributed by atoms with E-state index in [2.05, 4.69) is 47.4 Å². The maximum absolute atomic E-state index is 6.27. The summed E-state index contributed by atoms with van der Waals surface area (Å²) in [5.41, 5.74) is 8.96. The summed E-state index contributed by atoms with van der Waals surface area (Å²) >= 11 is 5.95. The van der Waals surface area contributed by atoms with Gasteiger partial charge in [-0.05, 0) is 35.6 Å². The average molecular weight is 301 g/mol. The van der Waals surface area contributed by atoms with E-state index >= 15 is 0 Å². The second-order valence-electron chi connectivity index (χ2n) is 5.92. The molecule has 0 bridgehead atoms. The van der Waals surface area contributed by atoms with Gasteiger partial charge in [0.2, 0.25) is 0 Å². The zero-order valence-corrected chi connectivity index (χ0v) is 12.8. The van der Waals surface area contributed by atoms with E-state index in [1.54, 1.807) is 0 Å². The molecule has 2 N–H and O–H groups in total. The van der Waals surface area contributed by atoms with E-state index < -0.39 is 0 Å². The number of nitrogens with two attached hydrogens (primary N) is 1. The number of hydrogen-bond acceptors (Lipinski definition) is 2. The van der Waals surface area contributed by atoms with Crippen LogP contribution in [0.4, 0.5) is 0 Å². The minimum absolute atomic E-state index is 0.247. The smallest absolute Gasteiger partial charge is 0.0406 e. The molecule has 1 aliphatic heterocycles. The van der Waals surface area contributed by atoms with Gasteiger partial charge in [-0.15, -0.1) is 0 Å². The molecule has 2 aromatic carbocycles. The molecule has 0 aliphatic carbocycles. The molecule has 3 heteroatoms. The van der Waals surface area contributed by atoms with E-state index in [1.165, 1.54) is 11.1 Å². The summed E-state index contributed by atoms with van der Waals surface area (Å²) in [6.07, 6.45) is 1.07. The molecule has 2 nitrogen and oxygen atoms in total. The minimum Gasteiger partial charge on any atom is -0.327 e. The van der Waals surface area contributed by atoms with Crippen LogP contribution in [-0.4, -0.2) is 24.0 Å². The lowest BCUT2D eigenvalue weighted by atomic mass is 9.88. The normalized spacial score (nSPS) is 23.1. The van der Waals surface area contributed by atoms with Gasteiger partial charge in [0.15, 0.2) is 0 Å². The van der Waals surface area contributed by atoms with Crippen LogP contribution in [0.5, 0.6) is 0 Å². The van der Waals surface area contributed by atoms with E-state index in [-0.39, 0.29) is 6.04 Å². The Kier molecular flexibility index (Phi) is 4.59. The van der Waals surface area contributed by atoms with Crippen LogP contribution in [0.15, 0.2) is 54.6 Å². The minimum atomic E-state index is 0.247. The second-order valence-corrected chi connectivity index (χ2v) is 6.36. The first kappa shape index (κ1) is 14.6. The third-order valence-corrected chi connectivity index (χ3v) is 4.40. The lowest BCUT2D eigenvalue weighted by Crippen LogP contribution is -2.45. The van der Waals surface area contributed by atoms with Gasteiger partial charge in [0.1, 0.15) is 0 Å². The van der Waals surface area contributed by atoms with Crippen LogP contribution in [0.2, 0.25) is 5.02 Å². The fourth-order valence-electron chi connectivity index (χ4n) is 3.18. The van der Waals surface area contributed by atoms with Gasteiger partial charge >= 0.3 is 0 Å². The highest BCUT2D eigenvalue weighted by atomic mass is 35.5. The van der Waals surface area contributed by atoms with E-state index in [0.717, 1.165) is 31.1 Å². The maximum atomic E-state index is 6.27. The second kappa shape index (κ2) is 6.61. The van der Waals surface area contributed by atoms with Crippen molar-refractivity contribution in [2.45, 2.75) is 24.9 Å². The van der Waals surface area contributed by atoms with Gasteiger partial charge in [-0.2, -0.15) is 0 Å². The third-order valence-electron chi connectivity index (χ3n) is 4.15. The van der Waals surface area contributed by atoms with Gasteiger partial charge in [0, 0.05) is 30.7 Å². The Morgan fingerprint density at radius 2 is 1.71 bits per heavy atom. The lowest BCUT2D eigenvalue weighted by molar-refractivity contribution is 0.181. The number of halogens is 1. The molecular weight excluding hydrogens is 280 g/mol. The zero-order valence-electron chi connectivity index (χ0n) is 12.1. The largest absolute Gasteiger partial charge is 0.327 e. The number of rotatable bonds is 3. The van der Waals surface area contributed by atoms with Crippen LogP contribution >= 0.6 is 11.6 Å². The van der Waals surface area contributed by atoms with Crippen LogP contribution in [-0.2, 0) is 6.54 Å². The van der Waals surface area contributed by atoms with E-state index in [1.807, 2.05) is 12.1 Å². The van der Waals surface area contributed by atoms with Crippen molar-refractivity contribution in [1.82, 2.24) is 4.90 Å². The van der Waals surface area contributed by atoms with Crippen LogP contribution in [0, 0.1) is 0 Å². The highest BCUT2D eigenvalue weighted by molar-refractivity contribution is 6.30. The quantitative estimate of drug-likeness (QED) is 0.937. The summed E-state index contributed by atoms with van der Waals surface area (Å²) in [6, 6.07) is 19.1. The van der Waals surface area contributed by atoms with Gasteiger partial charge in [0.25, 0.3) is 0 Å². The Labute approximate surface area is 131 Å². The van der Waals surface area contributed by atoms with E-state index in [0.29, 0.717) is 5.92 Å². The van der Waals surface area contributed by atoms with E-state index in [4.69, 9.17) is 17.3 Å². The van der Waals surface area contributed by atoms with Crippen molar-refractivity contribution >= 4 is 11.6 Å². The van der Waals surface area contributed by atoms with Gasteiger partial charge in [-0.3, -0.25) is 4.90 Å². The summed E-state index contributed by atoms with van der Waals surface area (Å²) in [7, 11) is 0. The number of piperidine rings is 1. The molecule has 2 unspecified atom stereocenters. The molecule has 3 rings (SSSR count). The molecule has 0 saturated carbocycles. The van der Waals surface area contributed by atoms with Gasteiger partial charge in [0.05, 0.1) is 0 Å². The average Bonchev–Trinajstić information content (AvgIpc) is 2.50. The first-order chi connectivity index (χ1) is 10.2. The molecule has 1 aliphatic rings. The Hall–Kier alpha value is -1.35. The topological polar surface area (TPSA) is 29.3 Å². The van der Waals surface area contributed by atoms with Crippen LogP contribution < -0.4 is 5.73 Å². The van der Waals surface area contributed by atoms with E-state index in [9.17, 15) is 0 Å². The van der Waals surface area contributed by atoms with Crippen molar-refractivity contribution in [3.8, 4) is 0 Å². The van der Waals surface area contributed by atoms with Crippen molar-refractivity contribution < 1.29 is 0 Å². The van der Waals surface area contributed by atoms with Crippen LogP contribution in [0.25, 0.3) is 0 Å². The summed E-state index contributed by atoms with van der Waals surface area (Å²) in [5, 5.41) is 0.788. The molecule has 1 saturated heterocycles. The van der Waals surface area contributed by atoms with Gasteiger partial charge in [-0.1, -0.05) is 54.1 Å². The molecule has 2 aromatic rings. The van der Waals surface area contributed by atoms with Crippen molar-refractivity contribution in [3.63, 3.8) is 0 Å². The van der Waals surface area contributed by atoms with Crippen molar-refractivity contribution in [3.05, 3.63) is 70.7 Å². The number of nitrogens with zero attached hydrogens (tertiary/aromatic N) is 1. The van der Waals surface area contributed by atoms with Gasteiger partial charge in [-0.25, -0.2) is 0 Å². The highest BCUT2D eigenvalue weighted by Crippen LogP contribution is 2.27. The van der Waals surface area contributed by atoms with Crippen molar-refractivity contribution in [2.75, 3.05) is 13.1 Å². The fourth-order valence-corrected chi connectivity index (χ4v) is 3.30. The van der Waals surface area contributed by atoms with Crippen molar-refractivity contribution in [2.24, 2.45) is 5.73 Å². The summed E-state index contributed by atoms with van der Waals surface area (Å²) < 4.78 is 0. The van der Waals surface area contributed by atoms with Crippen molar-refractivity contribution in [1.29, 1.82) is 0 Å². The molecule has 0 aromatic heterocycles. The molecule has 0 amide bonds. The SMILES string of the molecule is NC1CC(c2ccccc2)CN(Cc2ccc(Cl)cc2)C1. The van der Waals surface area contributed by atoms with Gasteiger partial charge < -0.3 is 5.73 Å². The number of hydrogen-bond donors (Lipinski definition) is 1. The van der Waals surface area contributed by atoms with Crippen LogP contribution in [0.3, 0.4) is 0 Å². The standard InChI is InChI=1S/C18H21ClN2/c19-17-8-6-14(7-9-17)11-21-12-16(10-18(20)13-21)15-4-2-1-3-5-15/h1-9,16,18H,10-13,20H2. The molecular formula is C18H21ClN2. The predicted molar refractivity (Wildman–Crippen MR) is 88.5 cm³/mol. The number of benzene rings is 2. The summed E-state index contributed by atoms with van der Waals surface area (Å²) in [4.78, 5) is 2.45. The zero-order chi connectivity index (χ0) is 14.7. The summed E-state index contributed by atoms with van der Waals surface area (Å²) in [6.45, 7) is 2.97. The maximum Gasteiger partial charge on any atom is 0.0406 e. The Morgan fingerprint density at radius 1 is 1.00 bits per heavy atom. The molecule has 1 fully saturated rings.